The molecular formula is C25H27FN4O4. The van der Waals surface area contributed by atoms with Crippen LogP contribution in [-0.4, -0.2) is 41.0 Å². The number of aromatic amines is 1. The second-order valence-electron chi connectivity index (χ2n) is 8.59. The lowest BCUT2D eigenvalue weighted by Gasteiger charge is -2.29. The van der Waals surface area contributed by atoms with Crippen molar-refractivity contribution < 1.29 is 18.7 Å². The number of amides is 2. The Bertz CT molecular complexity index is 1280. The number of carbonyl (C=O) groups excluding carboxylic acids is 2. The highest BCUT2D eigenvalue weighted by Gasteiger charge is 2.38. The Morgan fingerprint density at radius 2 is 2.06 bits per heavy atom. The van der Waals surface area contributed by atoms with Crippen molar-refractivity contribution in [2.24, 2.45) is 0 Å². The van der Waals surface area contributed by atoms with E-state index in [0.717, 1.165) is 0 Å². The first-order valence-electron chi connectivity index (χ1n) is 11.3. The third-order valence-electron chi connectivity index (χ3n) is 6.19. The van der Waals surface area contributed by atoms with Crippen LogP contribution in [0.15, 0.2) is 47.3 Å². The van der Waals surface area contributed by atoms with Gasteiger partial charge in [-0.15, -0.1) is 0 Å². The molecular weight excluding hydrogens is 439 g/mol. The van der Waals surface area contributed by atoms with Gasteiger partial charge in [0.05, 0.1) is 18.0 Å². The number of hydrogen-bond donors (Lipinski definition) is 3. The van der Waals surface area contributed by atoms with Gasteiger partial charge in [-0.25, -0.2) is 9.37 Å². The molecule has 2 amide bonds. The third-order valence-corrected chi connectivity index (χ3v) is 6.19. The summed E-state index contributed by atoms with van der Waals surface area (Å²) in [6, 6.07) is 11.6. The Kier molecular flexibility index (Phi) is 6.90. The summed E-state index contributed by atoms with van der Waals surface area (Å²) in [7, 11) is 1.51. The number of methoxy groups -OCH3 is 1. The number of carbonyl (C=O) groups is 2. The van der Waals surface area contributed by atoms with Gasteiger partial charge >= 0.3 is 0 Å². The highest BCUT2D eigenvalue weighted by Crippen LogP contribution is 2.31. The fraction of sp³-hybridized carbons (Fsp3) is 0.360. The molecule has 0 aliphatic carbocycles. The number of nitrogens with one attached hydrogen (secondary N) is 3. The molecule has 2 aromatic carbocycles. The van der Waals surface area contributed by atoms with Crippen LogP contribution >= 0.6 is 0 Å². The molecule has 3 aromatic rings. The molecule has 8 nitrogen and oxygen atoms in total. The smallest absolute Gasteiger partial charge is 0.258 e. The molecule has 0 spiro atoms. The van der Waals surface area contributed by atoms with E-state index in [0.29, 0.717) is 60.3 Å². The summed E-state index contributed by atoms with van der Waals surface area (Å²) in [5.74, 6) is 0.374. The van der Waals surface area contributed by atoms with Crippen LogP contribution < -0.4 is 20.9 Å². The fourth-order valence-corrected chi connectivity index (χ4v) is 4.37. The van der Waals surface area contributed by atoms with Gasteiger partial charge in [0, 0.05) is 31.3 Å². The maximum Gasteiger partial charge on any atom is 0.258 e. The minimum Gasteiger partial charge on any atom is -0.497 e. The molecule has 4 rings (SSSR count). The number of halogens is 1. The quantitative estimate of drug-likeness (QED) is 0.448. The van der Waals surface area contributed by atoms with E-state index in [-0.39, 0.29) is 36.0 Å². The first kappa shape index (κ1) is 23.4. The van der Waals surface area contributed by atoms with Crippen molar-refractivity contribution in [2.45, 2.75) is 44.1 Å². The van der Waals surface area contributed by atoms with Crippen molar-refractivity contribution in [3.8, 4) is 5.75 Å². The molecule has 178 valence electrons. The number of H-pyrrole nitrogens is 1. The van der Waals surface area contributed by atoms with Crippen LogP contribution in [0.5, 0.6) is 5.75 Å². The number of nitrogens with zero attached hydrogens (tertiary/aromatic N) is 1. The summed E-state index contributed by atoms with van der Waals surface area (Å²) in [5, 5.41) is 6.32. The van der Waals surface area contributed by atoms with Crippen LogP contribution in [0.1, 0.15) is 37.1 Å². The first-order valence-corrected chi connectivity index (χ1v) is 11.3. The first-order chi connectivity index (χ1) is 16.4. The zero-order chi connectivity index (χ0) is 24.1. The molecule has 3 N–H and O–H groups in total. The molecule has 0 radical (unpaired) electrons. The van der Waals surface area contributed by atoms with E-state index in [9.17, 15) is 18.8 Å². The Balaban J connectivity index is 1.35. The molecule has 1 aromatic heterocycles. The molecule has 0 bridgehead atoms. The van der Waals surface area contributed by atoms with Gasteiger partial charge in [-0.2, -0.15) is 0 Å². The number of benzene rings is 2. The number of ether oxygens (including phenoxy) is 1. The normalized spacial score (nSPS) is 17.5. The van der Waals surface area contributed by atoms with E-state index in [1.807, 2.05) is 6.07 Å². The highest BCUT2D eigenvalue weighted by molar-refractivity contribution is 5.80. The van der Waals surface area contributed by atoms with Gasteiger partial charge in [-0.05, 0) is 55.2 Å². The van der Waals surface area contributed by atoms with Crippen LogP contribution in [0.25, 0.3) is 10.9 Å². The van der Waals surface area contributed by atoms with Crippen molar-refractivity contribution in [3.05, 3.63) is 70.0 Å². The molecule has 1 aliphatic heterocycles. The standard InChI is InChI=1S/C25H27FN4O4/c1-34-17-6-7-19(26)16(14-17)15-25(12-9-23(32)30-25)11-8-22(31)27-13-10-21-28-20-5-3-2-4-18(20)24(33)29-21/h2-7,14H,8-13,15H2,1H3,(H,27,31)(H,30,32)(H,28,29,33)/t25-/m1/s1. The van der Waals surface area contributed by atoms with Crippen LogP contribution in [0.2, 0.25) is 0 Å². The minimum absolute atomic E-state index is 0.102. The van der Waals surface area contributed by atoms with Crippen molar-refractivity contribution in [2.75, 3.05) is 13.7 Å². The predicted octanol–water partition coefficient (Wildman–Crippen LogP) is 2.40. The molecule has 9 heteroatoms. The number of para-hydroxylation sites is 1. The summed E-state index contributed by atoms with van der Waals surface area (Å²) in [5.41, 5.74) is 0.146. The lowest BCUT2D eigenvalue weighted by molar-refractivity contribution is -0.122. The zero-order valence-corrected chi connectivity index (χ0v) is 18.9. The molecule has 34 heavy (non-hydrogen) atoms. The average Bonchev–Trinajstić information content (AvgIpc) is 3.20. The summed E-state index contributed by atoms with van der Waals surface area (Å²) in [6.07, 6.45) is 2.08. The van der Waals surface area contributed by atoms with Gasteiger partial charge in [-0.3, -0.25) is 14.4 Å². The van der Waals surface area contributed by atoms with E-state index in [1.165, 1.54) is 13.2 Å². The van der Waals surface area contributed by atoms with Crippen molar-refractivity contribution in [3.63, 3.8) is 0 Å². The number of aromatic nitrogens is 2. The van der Waals surface area contributed by atoms with Gasteiger partial charge < -0.3 is 20.4 Å². The minimum atomic E-state index is -0.688. The van der Waals surface area contributed by atoms with Gasteiger partial charge in [0.2, 0.25) is 11.8 Å². The van der Waals surface area contributed by atoms with E-state index >= 15 is 0 Å². The van der Waals surface area contributed by atoms with Crippen molar-refractivity contribution in [1.29, 1.82) is 0 Å². The van der Waals surface area contributed by atoms with E-state index in [2.05, 4.69) is 20.6 Å². The van der Waals surface area contributed by atoms with Crippen LogP contribution in [0.4, 0.5) is 4.39 Å². The topological polar surface area (TPSA) is 113 Å². The average molecular weight is 467 g/mol. The van der Waals surface area contributed by atoms with Crippen molar-refractivity contribution >= 4 is 22.7 Å². The van der Waals surface area contributed by atoms with Crippen LogP contribution in [0, 0.1) is 5.82 Å². The monoisotopic (exact) mass is 466 g/mol. The fourth-order valence-electron chi connectivity index (χ4n) is 4.37. The van der Waals surface area contributed by atoms with E-state index < -0.39 is 5.54 Å². The van der Waals surface area contributed by atoms with Gasteiger partial charge in [0.1, 0.15) is 17.4 Å². The second kappa shape index (κ2) is 10.0. The largest absolute Gasteiger partial charge is 0.497 e. The lowest BCUT2D eigenvalue weighted by atomic mass is 9.84. The summed E-state index contributed by atoms with van der Waals surface area (Å²) in [6.45, 7) is 0.310. The molecule has 1 aliphatic rings. The highest BCUT2D eigenvalue weighted by atomic mass is 19.1. The molecule has 1 fully saturated rings. The maximum atomic E-state index is 14.4. The molecule has 1 atom stereocenters. The number of rotatable bonds is 9. The Morgan fingerprint density at radius 3 is 2.82 bits per heavy atom. The summed E-state index contributed by atoms with van der Waals surface area (Å²) in [4.78, 5) is 43.8. The Morgan fingerprint density at radius 1 is 1.24 bits per heavy atom. The van der Waals surface area contributed by atoms with E-state index in [1.54, 1.807) is 30.3 Å². The molecule has 0 unspecified atom stereocenters. The van der Waals surface area contributed by atoms with Crippen molar-refractivity contribution in [1.82, 2.24) is 20.6 Å². The molecule has 2 heterocycles. The summed E-state index contributed by atoms with van der Waals surface area (Å²) >= 11 is 0. The Labute approximate surface area is 195 Å². The molecule has 1 saturated heterocycles. The SMILES string of the molecule is COc1ccc(F)c(C[C@@]2(CCC(=O)NCCc3nc4ccccc4c(=O)[nH]3)CCC(=O)N2)c1. The number of fused-ring (bicyclic) bond motifs is 1. The zero-order valence-electron chi connectivity index (χ0n) is 18.9. The summed E-state index contributed by atoms with van der Waals surface area (Å²) < 4.78 is 19.6. The van der Waals surface area contributed by atoms with Gasteiger partial charge in [-0.1, -0.05) is 12.1 Å². The molecule has 0 saturated carbocycles. The Hall–Kier alpha value is -3.75. The maximum absolute atomic E-state index is 14.4. The van der Waals surface area contributed by atoms with Gasteiger partial charge in [0.25, 0.3) is 5.56 Å². The van der Waals surface area contributed by atoms with Crippen LogP contribution in [0.3, 0.4) is 0 Å². The second-order valence-corrected chi connectivity index (χ2v) is 8.59. The lowest BCUT2D eigenvalue weighted by Crippen LogP contribution is -2.44. The predicted molar refractivity (Wildman–Crippen MR) is 125 cm³/mol. The van der Waals surface area contributed by atoms with Gasteiger partial charge in [0.15, 0.2) is 0 Å². The number of hydrogen-bond acceptors (Lipinski definition) is 5. The van der Waals surface area contributed by atoms with E-state index in [4.69, 9.17) is 4.74 Å². The third kappa shape index (κ3) is 5.41. The van der Waals surface area contributed by atoms with Crippen LogP contribution in [-0.2, 0) is 22.4 Å².